The van der Waals surface area contributed by atoms with Crippen molar-refractivity contribution in [1.29, 1.82) is 0 Å². The summed E-state index contributed by atoms with van der Waals surface area (Å²) in [6, 6.07) is 8.59. The molecule has 2 heterocycles. The van der Waals surface area contributed by atoms with Gasteiger partial charge in [-0.05, 0) is 50.4 Å². The maximum Gasteiger partial charge on any atom is 0.161 e. The molecule has 1 aromatic heterocycles. The lowest BCUT2D eigenvalue weighted by Crippen LogP contribution is -2.23. The number of hydrogen-bond acceptors (Lipinski definition) is 5. The highest BCUT2D eigenvalue weighted by Gasteiger charge is 2.28. The summed E-state index contributed by atoms with van der Waals surface area (Å²) in [5.74, 6) is 2.48. The molecule has 1 saturated heterocycles. The number of aromatic nitrogens is 1. The highest BCUT2D eigenvalue weighted by molar-refractivity contribution is 5.43. The van der Waals surface area contributed by atoms with Crippen molar-refractivity contribution in [3.63, 3.8) is 0 Å². The summed E-state index contributed by atoms with van der Waals surface area (Å²) < 4.78 is 16.5. The van der Waals surface area contributed by atoms with Gasteiger partial charge in [-0.25, -0.2) is 0 Å². The first-order valence-electron chi connectivity index (χ1n) is 8.68. The van der Waals surface area contributed by atoms with Gasteiger partial charge < -0.3 is 14.0 Å². The van der Waals surface area contributed by atoms with Crippen LogP contribution in [0.1, 0.15) is 49.2 Å². The monoisotopic (exact) mass is 330 g/mol. The van der Waals surface area contributed by atoms with Crippen molar-refractivity contribution in [2.24, 2.45) is 0 Å². The van der Waals surface area contributed by atoms with Crippen LogP contribution in [0.4, 0.5) is 0 Å². The van der Waals surface area contributed by atoms with Gasteiger partial charge in [0.2, 0.25) is 0 Å². The van der Waals surface area contributed by atoms with Crippen LogP contribution < -0.4 is 9.47 Å². The number of hydrogen-bond donors (Lipinski definition) is 0. The van der Waals surface area contributed by atoms with Crippen LogP contribution in [-0.4, -0.2) is 30.3 Å². The maximum atomic E-state index is 5.73. The first-order valence-corrected chi connectivity index (χ1v) is 8.68. The molecule has 1 atom stereocenters. The smallest absolute Gasteiger partial charge is 0.161 e. The van der Waals surface area contributed by atoms with Crippen molar-refractivity contribution in [3.05, 3.63) is 41.3 Å². The van der Waals surface area contributed by atoms with Gasteiger partial charge in [-0.3, -0.25) is 4.90 Å². The minimum Gasteiger partial charge on any atom is -0.493 e. The summed E-state index contributed by atoms with van der Waals surface area (Å²) in [6.45, 7) is 6.69. The van der Waals surface area contributed by atoms with E-state index < -0.39 is 0 Å². The molecule has 1 aliphatic rings. The average Bonchev–Trinajstić information content (AvgIpc) is 3.22. The molecule has 2 aromatic rings. The third-order valence-corrected chi connectivity index (χ3v) is 4.43. The molecule has 0 unspecified atom stereocenters. The zero-order valence-corrected chi connectivity index (χ0v) is 14.7. The van der Waals surface area contributed by atoms with E-state index in [1.165, 1.54) is 12.0 Å². The second-order valence-corrected chi connectivity index (χ2v) is 6.32. The van der Waals surface area contributed by atoms with Gasteiger partial charge in [0, 0.05) is 12.6 Å². The van der Waals surface area contributed by atoms with Crippen LogP contribution in [0.2, 0.25) is 0 Å². The Balaban J connectivity index is 1.72. The molecule has 1 fully saturated rings. The molecule has 24 heavy (non-hydrogen) atoms. The predicted octanol–water partition coefficient (Wildman–Crippen LogP) is 4.12. The van der Waals surface area contributed by atoms with Crippen molar-refractivity contribution in [2.45, 2.75) is 45.7 Å². The van der Waals surface area contributed by atoms with E-state index in [1.54, 1.807) is 7.11 Å². The van der Waals surface area contributed by atoms with Gasteiger partial charge in [-0.1, -0.05) is 18.1 Å². The molecular formula is C19H26N2O3. The molecule has 0 amide bonds. The topological polar surface area (TPSA) is 47.7 Å². The van der Waals surface area contributed by atoms with Crippen LogP contribution in [0, 0.1) is 6.92 Å². The van der Waals surface area contributed by atoms with Gasteiger partial charge in [0.15, 0.2) is 11.5 Å². The standard InChI is InChI=1S/C19H26N2O3/c1-4-10-23-18-8-7-15(12-19(18)22-3)13-21-9-5-6-17(21)16-11-14(2)24-20-16/h7-8,11-12,17H,4-6,9-10,13H2,1-3H3/t17-/m1/s1. The van der Waals surface area contributed by atoms with E-state index in [2.05, 4.69) is 29.1 Å². The normalized spacial score (nSPS) is 18.0. The number of methoxy groups -OCH3 is 1. The lowest BCUT2D eigenvalue weighted by atomic mass is 10.1. The summed E-state index contributed by atoms with van der Waals surface area (Å²) in [5, 5.41) is 4.21. The zero-order valence-electron chi connectivity index (χ0n) is 14.7. The van der Waals surface area contributed by atoms with Crippen molar-refractivity contribution >= 4 is 0 Å². The van der Waals surface area contributed by atoms with E-state index in [1.807, 2.05) is 19.1 Å². The Labute approximate surface area is 143 Å². The Kier molecular flexibility index (Phi) is 5.41. The molecule has 5 nitrogen and oxygen atoms in total. The fourth-order valence-corrected chi connectivity index (χ4v) is 3.27. The first kappa shape index (κ1) is 16.8. The predicted molar refractivity (Wildman–Crippen MR) is 92.4 cm³/mol. The lowest BCUT2D eigenvalue weighted by Gasteiger charge is -2.23. The van der Waals surface area contributed by atoms with Crippen LogP contribution in [0.5, 0.6) is 11.5 Å². The van der Waals surface area contributed by atoms with E-state index in [0.29, 0.717) is 12.6 Å². The maximum absolute atomic E-state index is 5.73. The number of nitrogens with zero attached hydrogens (tertiary/aromatic N) is 2. The molecule has 5 heteroatoms. The Morgan fingerprint density at radius 3 is 2.88 bits per heavy atom. The lowest BCUT2D eigenvalue weighted by molar-refractivity contribution is 0.236. The second kappa shape index (κ2) is 7.71. The number of ether oxygens (including phenoxy) is 2. The Morgan fingerprint density at radius 2 is 2.17 bits per heavy atom. The number of aryl methyl sites for hydroxylation is 1. The molecule has 0 radical (unpaired) electrons. The van der Waals surface area contributed by atoms with Gasteiger partial charge in [-0.15, -0.1) is 0 Å². The molecule has 130 valence electrons. The van der Waals surface area contributed by atoms with Crippen molar-refractivity contribution in [2.75, 3.05) is 20.3 Å². The average molecular weight is 330 g/mol. The van der Waals surface area contributed by atoms with E-state index in [4.69, 9.17) is 14.0 Å². The molecular weight excluding hydrogens is 304 g/mol. The Hall–Kier alpha value is -2.01. The van der Waals surface area contributed by atoms with Crippen LogP contribution in [0.25, 0.3) is 0 Å². The highest BCUT2D eigenvalue weighted by Crippen LogP contribution is 2.34. The Bertz CT molecular complexity index is 668. The second-order valence-electron chi connectivity index (χ2n) is 6.32. The third kappa shape index (κ3) is 3.73. The van der Waals surface area contributed by atoms with Gasteiger partial charge in [-0.2, -0.15) is 0 Å². The van der Waals surface area contributed by atoms with Gasteiger partial charge in [0.1, 0.15) is 11.5 Å². The molecule has 3 rings (SSSR count). The van der Waals surface area contributed by atoms with Crippen molar-refractivity contribution < 1.29 is 14.0 Å². The number of rotatable bonds is 7. The van der Waals surface area contributed by atoms with Gasteiger partial charge >= 0.3 is 0 Å². The van der Waals surface area contributed by atoms with Crippen molar-refractivity contribution in [1.82, 2.24) is 10.1 Å². The summed E-state index contributed by atoms with van der Waals surface area (Å²) in [6.07, 6.45) is 3.30. The molecule has 1 aliphatic heterocycles. The van der Waals surface area contributed by atoms with Crippen LogP contribution in [-0.2, 0) is 6.54 Å². The van der Waals surface area contributed by atoms with E-state index >= 15 is 0 Å². The molecule has 0 spiro atoms. The zero-order chi connectivity index (χ0) is 16.9. The molecule has 0 saturated carbocycles. The first-order chi connectivity index (χ1) is 11.7. The fourth-order valence-electron chi connectivity index (χ4n) is 3.27. The number of likely N-dealkylation sites (tertiary alicyclic amines) is 1. The summed E-state index contributed by atoms with van der Waals surface area (Å²) in [5.41, 5.74) is 2.27. The summed E-state index contributed by atoms with van der Waals surface area (Å²) in [7, 11) is 1.69. The van der Waals surface area contributed by atoms with Crippen LogP contribution >= 0.6 is 0 Å². The molecule has 0 aliphatic carbocycles. The van der Waals surface area contributed by atoms with Crippen molar-refractivity contribution in [3.8, 4) is 11.5 Å². The van der Waals surface area contributed by atoms with E-state index in [0.717, 1.165) is 48.9 Å². The van der Waals surface area contributed by atoms with Gasteiger partial charge in [0.25, 0.3) is 0 Å². The fraction of sp³-hybridized carbons (Fsp3) is 0.526. The van der Waals surface area contributed by atoms with Gasteiger partial charge in [0.05, 0.1) is 19.8 Å². The largest absolute Gasteiger partial charge is 0.493 e. The quantitative estimate of drug-likeness (QED) is 0.764. The summed E-state index contributed by atoms with van der Waals surface area (Å²) in [4.78, 5) is 2.46. The van der Waals surface area contributed by atoms with Crippen LogP contribution in [0.3, 0.4) is 0 Å². The Morgan fingerprint density at radius 1 is 1.29 bits per heavy atom. The minimum atomic E-state index is 0.337. The molecule has 1 aromatic carbocycles. The third-order valence-electron chi connectivity index (χ3n) is 4.43. The van der Waals surface area contributed by atoms with Crippen LogP contribution in [0.15, 0.2) is 28.8 Å². The highest BCUT2D eigenvalue weighted by atomic mass is 16.5. The van der Waals surface area contributed by atoms with E-state index in [-0.39, 0.29) is 0 Å². The molecule has 0 N–H and O–H groups in total. The minimum absolute atomic E-state index is 0.337. The number of benzene rings is 1. The summed E-state index contributed by atoms with van der Waals surface area (Å²) >= 11 is 0. The SMILES string of the molecule is CCCOc1ccc(CN2CCC[C@@H]2c2cc(C)on2)cc1OC. The van der Waals surface area contributed by atoms with E-state index in [9.17, 15) is 0 Å². The molecule has 0 bridgehead atoms.